The summed E-state index contributed by atoms with van der Waals surface area (Å²) in [5, 5.41) is 14.5. The zero-order valence-corrected chi connectivity index (χ0v) is 15.8. The molecule has 1 unspecified atom stereocenters. The number of benzene rings is 1. The number of carbonyl (C=O) groups is 1. The maximum Gasteiger partial charge on any atom is 0.270 e. The van der Waals surface area contributed by atoms with E-state index in [0.717, 1.165) is 38.2 Å². The van der Waals surface area contributed by atoms with Gasteiger partial charge in [0, 0.05) is 43.3 Å². The molecule has 9 heteroatoms. The minimum absolute atomic E-state index is 0.0949. The van der Waals surface area contributed by atoms with E-state index in [1.807, 2.05) is 22.7 Å². The number of anilines is 1. The van der Waals surface area contributed by atoms with Crippen molar-refractivity contribution in [1.29, 1.82) is 0 Å². The van der Waals surface area contributed by atoms with Crippen molar-refractivity contribution in [3.63, 3.8) is 0 Å². The monoisotopic (exact) mass is 384 g/mol. The van der Waals surface area contributed by atoms with E-state index in [2.05, 4.69) is 10.3 Å². The molecule has 1 aliphatic carbocycles. The Balaban J connectivity index is 1.67. The number of carbonyl (C=O) groups excluding carboxylic acids is 1. The zero-order chi connectivity index (χ0) is 19.9. The second-order valence-electron chi connectivity index (χ2n) is 7.75. The lowest BCUT2D eigenvalue weighted by Crippen LogP contribution is -2.39. The first-order chi connectivity index (χ1) is 13.4. The molecule has 2 heterocycles. The summed E-state index contributed by atoms with van der Waals surface area (Å²) < 4.78 is 1.88. The quantitative estimate of drug-likeness (QED) is 0.460. The highest BCUT2D eigenvalue weighted by atomic mass is 16.6. The summed E-state index contributed by atoms with van der Waals surface area (Å²) in [5.74, 6) is 0.498. The van der Waals surface area contributed by atoms with Gasteiger partial charge in [0.1, 0.15) is 5.82 Å². The van der Waals surface area contributed by atoms with Crippen LogP contribution in [0.3, 0.4) is 0 Å². The van der Waals surface area contributed by atoms with E-state index in [1.165, 1.54) is 18.2 Å². The van der Waals surface area contributed by atoms with Gasteiger partial charge in [-0.25, -0.2) is 4.98 Å². The number of nitrogen functional groups attached to an aromatic ring is 1. The number of rotatable bonds is 5. The number of nitrogens with one attached hydrogen (secondary N) is 1. The lowest BCUT2D eigenvalue weighted by molar-refractivity contribution is -0.384. The molecule has 1 aromatic carbocycles. The van der Waals surface area contributed by atoms with E-state index in [4.69, 9.17) is 5.73 Å². The van der Waals surface area contributed by atoms with E-state index in [0.29, 0.717) is 6.54 Å². The molecule has 28 heavy (non-hydrogen) atoms. The largest absolute Gasteiger partial charge is 0.398 e. The number of nitrogens with two attached hydrogens (primary N) is 1. The van der Waals surface area contributed by atoms with Gasteiger partial charge in [-0.15, -0.1) is 0 Å². The smallest absolute Gasteiger partial charge is 0.270 e. The molecule has 1 saturated heterocycles. The van der Waals surface area contributed by atoms with Crippen molar-refractivity contribution >= 4 is 17.3 Å². The van der Waals surface area contributed by atoms with Crippen molar-refractivity contribution in [3.8, 4) is 0 Å². The van der Waals surface area contributed by atoms with Crippen LogP contribution in [0.1, 0.15) is 35.4 Å². The summed E-state index contributed by atoms with van der Waals surface area (Å²) in [7, 11) is 1.89. The number of nitro groups is 1. The Labute approximate surface area is 162 Å². The van der Waals surface area contributed by atoms with Gasteiger partial charge in [-0.3, -0.25) is 14.9 Å². The second kappa shape index (κ2) is 6.90. The van der Waals surface area contributed by atoms with Crippen molar-refractivity contribution < 1.29 is 9.72 Å². The predicted octanol–water partition coefficient (Wildman–Crippen LogP) is 1.69. The highest BCUT2D eigenvalue weighted by Crippen LogP contribution is 2.56. The fourth-order valence-corrected chi connectivity index (χ4v) is 4.25. The minimum atomic E-state index is -0.509. The fraction of sp³-hybridized carbons (Fsp3) is 0.474. The van der Waals surface area contributed by atoms with E-state index in [-0.39, 0.29) is 34.3 Å². The number of aromatic nitrogens is 2. The third-order valence-electron chi connectivity index (χ3n) is 6.09. The molecule has 9 nitrogen and oxygen atoms in total. The average molecular weight is 384 g/mol. The van der Waals surface area contributed by atoms with Crippen LogP contribution in [0.4, 0.5) is 11.4 Å². The second-order valence-corrected chi connectivity index (χ2v) is 7.75. The molecule has 0 bridgehead atoms. The Morgan fingerprint density at radius 2 is 2.21 bits per heavy atom. The van der Waals surface area contributed by atoms with Gasteiger partial charge in [0.15, 0.2) is 0 Å². The molecule has 2 fully saturated rings. The number of non-ortho nitro benzene ring substituents is 1. The van der Waals surface area contributed by atoms with E-state index in [1.54, 1.807) is 6.20 Å². The van der Waals surface area contributed by atoms with Gasteiger partial charge in [-0.1, -0.05) is 0 Å². The topological polar surface area (TPSA) is 119 Å². The van der Waals surface area contributed by atoms with Crippen LogP contribution < -0.4 is 11.1 Å². The van der Waals surface area contributed by atoms with Crippen molar-refractivity contribution in [2.45, 2.75) is 31.8 Å². The number of hydrogen-bond donors (Lipinski definition) is 2. The first-order valence-corrected chi connectivity index (χ1v) is 9.43. The Morgan fingerprint density at radius 1 is 1.46 bits per heavy atom. The van der Waals surface area contributed by atoms with Gasteiger partial charge < -0.3 is 20.5 Å². The molecular weight excluding hydrogens is 360 g/mol. The Kier molecular flexibility index (Phi) is 4.54. The Hall–Kier alpha value is -2.94. The molecule has 0 radical (unpaired) electrons. The predicted molar refractivity (Wildman–Crippen MR) is 104 cm³/mol. The number of hydrogen-bond acceptors (Lipinski definition) is 6. The number of amides is 1. The highest BCUT2D eigenvalue weighted by Gasteiger charge is 2.58. The fourth-order valence-electron chi connectivity index (χ4n) is 4.25. The zero-order valence-electron chi connectivity index (χ0n) is 15.8. The third-order valence-corrected chi connectivity index (χ3v) is 6.09. The molecule has 148 valence electrons. The lowest BCUT2D eigenvalue weighted by atomic mass is 9.93. The molecular formula is C19H24N6O3. The number of piperidine rings is 1. The molecule has 1 aromatic heterocycles. The number of aryl methyl sites for hydroxylation is 1. The van der Waals surface area contributed by atoms with Crippen LogP contribution in [-0.4, -0.2) is 44.4 Å². The molecule has 2 aromatic rings. The number of nitrogens with zero attached hydrogens (tertiary/aromatic N) is 4. The van der Waals surface area contributed by atoms with E-state index < -0.39 is 4.92 Å². The molecule has 1 saturated carbocycles. The molecule has 2 aliphatic rings. The summed E-state index contributed by atoms with van der Waals surface area (Å²) in [6.45, 7) is 2.24. The van der Waals surface area contributed by atoms with Crippen LogP contribution in [-0.2, 0) is 13.6 Å². The van der Waals surface area contributed by atoms with Crippen LogP contribution in [0, 0.1) is 15.5 Å². The van der Waals surface area contributed by atoms with Gasteiger partial charge in [-0.2, -0.15) is 0 Å². The van der Waals surface area contributed by atoms with Gasteiger partial charge in [0.05, 0.1) is 17.0 Å². The van der Waals surface area contributed by atoms with Gasteiger partial charge >= 0.3 is 0 Å². The standard InChI is InChI=1S/C19H24N6O3/c1-23-9-8-22-17(23)12-24(16-11-19(16)4-6-21-7-5-19)18(26)14-10-13(25(27)28)2-3-15(14)20/h2-3,8-10,16,21H,4-7,11-12,20H2,1H3. The maximum absolute atomic E-state index is 13.5. The van der Waals surface area contributed by atoms with Crippen molar-refractivity contribution in [2.24, 2.45) is 12.5 Å². The Bertz CT molecular complexity index is 918. The van der Waals surface area contributed by atoms with E-state index >= 15 is 0 Å². The number of imidazole rings is 1. The van der Waals surface area contributed by atoms with Crippen molar-refractivity contribution in [3.05, 3.63) is 52.1 Å². The van der Waals surface area contributed by atoms with Crippen molar-refractivity contribution in [1.82, 2.24) is 19.8 Å². The molecule has 1 atom stereocenters. The summed E-state index contributed by atoms with van der Waals surface area (Å²) in [6.07, 6.45) is 6.53. The summed E-state index contributed by atoms with van der Waals surface area (Å²) >= 11 is 0. The summed E-state index contributed by atoms with van der Waals surface area (Å²) in [6, 6.07) is 4.12. The molecule has 3 N–H and O–H groups in total. The molecule has 1 spiro atoms. The van der Waals surface area contributed by atoms with Crippen LogP contribution in [0.2, 0.25) is 0 Å². The molecule has 4 rings (SSSR count). The van der Waals surface area contributed by atoms with Gasteiger partial charge in [0.2, 0.25) is 0 Å². The average Bonchev–Trinajstić information content (AvgIpc) is 3.19. The summed E-state index contributed by atoms with van der Waals surface area (Å²) in [4.78, 5) is 30.3. The van der Waals surface area contributed by atoms with Crippen LogP contribution in [0.25, 0.3) is 0 Å². The Morgan fingerprint density at radius 3 is 2.86 bits per heavy atom. The normalized spacial score (nSPS) is 20.1. The number of nitro benzene ring substituents is 1. The van der Waals surface area contributed by atoms with Gasteiger partial charge in [-0.05, 0) is 43.8 Å². The maximum atomic E-state index is 13.5. The van der Waals surface area contributed by atoms with Crippen LogP contribution >= 0.6 is 0 Å². The lowest BCUT2D eigenvalue weighted by Gasteiger charge is -2.29. The van der Waals surface area contributed by atoms with Crippen molar-refractivity contribution in [2.75, 3.05) is 18.8 Å². The first-order valence-electron chi connectivity index (χ1n) is 9.43. The summed E-state index contributed by atoms with van der Waals surface area (Å²) in [5.41, 5.74) is 6.44. The minimum Gasteiger partial charge on any atom is -0.398 e. The molecule has 1 aliphatic heterocycles. The van der Waals surface area contributed by atoms with E-state index in [9.17, 15) is 14.9 Å². The third kappa shape index (κ3) is 3.22. The highest BCUT2D eigenvalue weighted by molar-refractivity contribution is 6.00. The van der Waals surface area contributed by atoms with Crippen LogP contribution in [0.15, 0.2) is 30.6 Å². The van der Waals surface area contributed by atoms with Gasteiger partial charge in [0.25, 0.3) is 11.6 Å². The van der Waals surface area contributed by atoms with Crippen LogP contribution in [0.5, 0.6) is 0 Å². The first kappa shape index (κ1) is 18.4. The SMILES string of the molecule is Cn1ccnc1CN(C(=O)c1cc([N+](=O)[O-])ccc1N)C1CC12CCNCC2. The molecule has 1 amide bonds.